The van der Waals surface area contributed by atoms with Gasteiger partial charge in [-0.15, -0.1) is 0 Å². The molecular weight excluding hydrogens is 262 g/mol. The van der Waals surface area contributed by atoms with E-state index < -0.39 is 48.6 Å². The predicted octanol–water partition coefficient (Wildman–Crippen LogP) is -2.97. The van der Waals surface area contributed by atoms with Crippen molar-refractivity contribution in [2.75, 3.05) is 7.11 Å². The Labute approximate surface area is 108 Å². The first-order chi connectivity index (χ1) is 8.79. The molecule has 19 heavy (non-hydrogen) atoms. The number of carbonyl (C=O) groups is 2. The average Bonchev–Trinajstić information content (AvgIpc) is 2.34. The van der Waals surface area contributed by atoms with Crippen molar-refractivity contribution < 1.29 is 39.5 Å². The Morgan fingerprint density at radius 1 is 1.21 bits per heavy atom. The van der Waals surface area contributed by atoms with E-state index in [2.05, 4.69) is 5.32 Å². The van der Waals surface area contributed by atoms with E-state index in [0.717, 1.165) is 6.92 Å². The van der Waals surface area contributed by atoms with E-state index in [1.165, 1.54) is 7.11 Å². The highest BCUT2D eigenvalue weighted by Crippen LogP contribution is 2.24. The molecule has 0 spiro atoms. The van der Waals surface area contributed by atoms with E-state index in [-0.39, 0.29) is 0 Å². The molecule has 1 heterocycles. The molecule has 1 aliphatic heterocycles. The number of amides is 1. The molecule has 5 N–H and O–H groups in total. The molecule has 0 aromatic carbocycles. The van der Waals surface area contributed by atoms with E-state index >= 15 is 0 Å². The predicted molar refractivity (Wildman–Crippen MR) is 58.9 cm³/mol. The summed E-state index contributed by atoms with van der Waals surface area (Å²) in [5.41, 5.74) is 0. The molecule has 0 unspecified atom stereocenters. The van der Waals surface area contributed by atoms with Crippen molar-refractivity contribution in [1.82, 2.24) is 5.32 Å². The zero-order chi connectivity index (χ0) is 14.7. The Hall–Kier alpha value is -1.26. The van der Waals surface area contributed by atoms with Gasteiger partial charge in [-0.1, -0.05) is 0 Å². The third-order valence-electron chi connectivity index (χ3n) is 2.79. The summed E-state index contributed by atoms with van der Waals surface area (Å²) in [5.74, 6) is -2.09. The van der Waals surface area contributed by atoms with Gasteiger partial charge in [-0.05, 0) is 0 Å². The third kappa shape index (κ3) is 3.39. The van der Waals surface area contributed by atoms with Gasteiger partial charge in [-0.25, -0.2) is 4.79 Å². The molecule has 1 fully saturated rings. The number of carboxylic acid groups (broad SMARTS) is 1. The summed E-state index contributed by atoms with van der Waals surface area (Å²) in [6, 6.07) is -1.58. The van der Waals surface area contributed by atoms with E-state index in [0.29, 0.717) is 0 Å². The highest BCUT2D eigenvalue weighted by molar-refractivity contribution is 5.82. The summed E-state index contributed by atoms with van der Waals surface area (Å²) < 4.78 is 9.82. The fourth-order valence-electron chi connectivity index (χ4n) is 1.85. The number of aliphatic carboxylic acids is 1. The Bertz CT molecular complexity index is 346. The van der Waals surface area contributed by atoms with Crippen LogP contribution in [0.4, 0.5) is 0 Å². The molecule has 0 bridgehead atoms. The van der Waals surface area contributed by atoms with Crippen LogP contribution in [0, 0.1) is 0 Å². The summed E-state index contributed by atoms with van der Waals surface area (Å²) in [7, 11) is 1.18. The smallest absolute Gasteiger partial charge is 0.329 e. The number of methoxy groups -OCH3 is 1. The second-order valence-electron chi connectivity index (χ2n) is 4.19. The normalized spacial score (nSPS) is 36.6. The van der Waals surface area contributed by atoms with E-state index in [1.54, 1.807) is 0 Å². The summed E-state index contributed by atoms with van der Waals surface area (Å²) in [6.45, 7) is 1.10. The van der Waals surface area contributed by atoms with Crippen LogP contribution in [0.2, 0.25) is 0 Å². The second-order valence-corrected chi connectivity index (χ2v) is 4.19. The van der Waals surface area contributed by atoms with E-state index in [4.69, 9.17) is 14.6 Å². The fraction of sp³-hybridized carbons (Fsp3) is 0.800. The van der Waals surface area contributed by atoms with Gasteiger partial charge in [-0.2, -0.15) is 0 Å². The molecule has 1 amide bonds. The SMILES string of the molecule is CO[C@H]1O[C@H]([C@H](NC(C)=O)C(=O)O)[C@@H](O)[C@H](O)[C@H]1O. The standard InChI is InChI=1S/C10H17NO8/c1-3(12)11-4(9(16)17)8-6(14)5(13)7(15)10(18-2)19-8/h4-8,10,13-15H,1-2H3,(H,11,12)(H,16,17)/t4-,5-,6-,7+,8+,10-/m0/s1. The molecule has 110 valence electrons. The van der Waals surface area contributed by atoms with Crippen LogP contribution >= 0.6 is 0 Å². The van der Waals surface area contributed by atoms with Crippen molar-refractivity contribution in [2.45, 2.75) is 43.7 Å². The van der Waals surface area contributed by atoms with Gasteiger partial charge in [0.2, 0.25) is 5.91 Å². The maximum absolute atomic E-state index is 11.1. The van der Waals surface area contributed by atoms with Crippen molar-refractivity contribution in [2.24, 2.45) is 0 Å². The Morgan fingerprint density at radius 2 is 1.79 bits per heavy atom. The van der Waals surface area contributed by atoms with Crippen LogP contribution in [-0.2, 0) is 19.1 Å². The van der Waals surface area contributed by atoms with Crippen LogP contribution in [0.25, 0.3) is 0 Å². The summed E-state index contributed by atoms with van der Waals surface area (Å²) >= 11 is 0. The summed E-state index contributed by atoms with van der Waals surface area (Å²) in [4.78, 5) is 22.0. The molecule has 0 saturated carbocycles. The van der Waals surface area contributed by atoms with Crippen molar-refractivity contribution in [1.29, 1.82) is 0 Å². The highest BCUT2D eigenvalue weighted by Gasteiger charge is 2.49. The molecule has 6 atom stereocenters. The number of aliphatic hydroxyl groups excluding tert-OH is 3. The lowest BCUT2D eigenvalue weighted by Gasteiger charge is -2.41. The molecule has 0 aromatic rings. The Kier molecular flexibility index (Phi) is 5.20. The average molecular weight is 279 g/mol. The Balaban J connectivity index is 2.94. The van der Waals surface area contributed by atoms with E-state index in [9.17, 15) is 24.9 Å². The van der Waals surface area contributed by atoms with Crippen LogP contribution in [0.5, 0.6) is 0 Å². The van der Waals surface area contributed by atoms with Crippen molar-refractivity contribution in [3.05, 3.63) is 0 Å². The Morgan fingerprint density at radius 3 is 2.21 bits per heavy atom. The lowest BCUT2D eigenvalue weighted by Crippen LogP contribution is -2.65. The minimum Gasteiger partial charge on any atom is -0.480 e. The van der Waals surface area contributed by atoms with Gasteiger partial charge in [-0.3, -0.25) is 4.79 Å². The number of carbonyl (C=O) groups excluding carboxylic acids is 1. The minimum absolute atomic E-state index is 0.641. The van der Waals surface area contributed by atoms with Gasteiger partial charge in [0.15, 0.2) is 12.3 Å². The van der Waals surface area contributed by atoms with Crippen LogP contribution in [-0.4, -0.2) is 76.2 Å². The highest BCUT2D eigenvalue weighted by atomic mass is 16.7. The second kappa shape index (κ2) is 6.26. The van der Waals surface area contributed by atoms with Crippen LogP contribution in [0.3, 0.4) is 0 Å². The van der Waals surface area contributed by atoms with Crippen LogP contribution in [0.15, 0.2) is 0 Å². The van der Waals surface area contributed by atoms with Gasteiger partial charge < -0.3 is 35.2 Å². The molecule has 0 aromatic heterocycles. The molecular formula is C10H17NO8. The number of ether oxygens (including phenoxy) is 2. The monoisotopic (exact) mass is 279 g/mol. The first-order valence-corrected chi connectivity index (χ1v) is 5.52. The lowest BCUT2D eigenvalue weighted by molar-refractivity contribution is -0.293. The number of hydrogen-bond acceptors (Lipinski definition) is 7. The van der Waals surface area contributed by atoms with Gasteiger partial charge >= 0.3 is 5.97 Å². The third-order valence-corrected chi connectivity index (χ3v) is 2.79. The van der Waals surface area contributed by atoms with Gasteiger partial charge in [0, 0.05) is 14.0 Å². The molecule has 0 radical (unpaired) electrons. The summed E-state index contributed by atoms with van der Waals surface area (Å²) in [6.07, 6.45) is -7.62. The van der Waals surface area contributed by atoms with E-state index in [1.807, 2.05) is 0 Å². The molecule has 1 rings (SSSR count). The van der Waals surface area contributed by atoms with Gasteiger partial charge in [0.25, 0.3) is 0 Å². The maximum atomic E-state index is 11.1. The molecule has 9 nitrogen and oxygen atoms in total. The van der Waals surface area contributed by atoms with Gasteiger partial charge in [0.1, 0.15) is 24.4 Å². The summed E-state index contributed by atoms with van der Waals surface area (Å²) in [5, 5.41) is 40.0. The van der Waals surface area contributed by atoms with Crippen molar-refractivity contribution in [3.63, 3.8) is 0 Å². The van der Waals surface area contributed by atoms with Crippen LogP contribution < -0.4 is 5.32 Å². The first-order valence-electron chi connectivity index (χ1n) is 5.52. The zero-order valence-electron chi connectivity index (χ0n) is 10.4. The lowest BCUT2D eigenvalue weighted by atomic mass is 9.94. The quantitative estimate of drug-likeness (QED) is 0.366. The topological polar surface area (TPSA) is 146 Å². The fourth-order valence-corrected chi connectivity index (χ4v) is 1.85. The number of aliphatic hydroxyl groups is 3. The van der Waals surface area contributed by atoms with Gasteiger partial charge in [0.05, 0.1) is 0 Å². The first kappa shape index (κ1) is 15.8. The zero-order valence-corrected chi connectivity index (χ0v) is 10.4. The maximum Gasteiger partial charge on any atom is 0.329 e. The molecule has 1 saturated heterocycles. The van der Waals surface area contributed by atoms with Crippen molar-refractivity contribution in [3.8, 4) is 0 Å². The number of hydrogen-bond donors (Lipinski definition) is 5. The molecule has 9 heteroatoms. The molecule has 1 aliphatic rings. The molecule has 0 aliphatic carbocycles. The van der Waals surface area contributed by atoms with Crippen LogP contribution in [0.1, 0.15) is 6.92 Å². The number of carboxylic acids is 1. The number of rotatable bonds is 4. The van der Waals surface area contributed by atoms with Crippen molar-refractivity contribution >= 4 is 11.9 Å². The number of nitrogens with one attached hydrogen (secondary N) is 1. The minimum atomic E-state index is -1.69. The largest absolute Gasteiger partial charge is 0.480 e.